The lowest BCUT2D eigenvalue weighted by Crippen LogP contribution is -2.11. The normalized spacial score (nSPS) is 10.1. The summed E-state index contributed by atoms with van der Waals surface area (Å²) in [7, 11) is 1.65. The molecular formula is C16H18ClNO2. The summed E-state index contributed by atoms with van der Waals surface area (Å²) in [6.07, 6.45) is 0. The van der Waals surface area contributed by atoms with Gasteiger partial charge >= 0.3 is 0 Å². The van der Waals surface area contributed by atoms with Crippen molar-refractivity contribution in [2.75, 3.05) is 25.6 Å². The Kier molecular flexibility index (Phi) is 5.56. The fourth-order valence-electron chi connectivity index (χ4n) is 1.80. The highest BCUT2D eigenvalue weighted by Crippen LogP contribution is 2.17. The molecule has 20 heavy (non-hydrogen) atoms. The lowest BCUT2D eigenvalue weighted by atomic mass is 10.2. The predicted molar refractivity (Wildman–Crippen MR) is 83.0 cm³/mol. The summed E-state index contributed by atoms with van der Waals surface area (Å²) in [6, 6.07) is 15.6. The van der Waals surface area contributed by atoms with Gasteiger partial charge in [-0.25, -0.2) is 0 Å². The minimum atomic E-state index is 0.526. The van der Waals surface area contributed by atoms with E-state index >= 15 is 0 Å². The summed E-state index contributed by atoms with van der Waals surface area (Å²) in [4.78, 5) is 0. The molecule has 2 rings (SSSR count). The van der Waals surface area contributed by atoms with Crippen molar-refractivity contribution in [1.82, 2.24) is 0 Å². The maximum Gasteiger partial charge on any atom is 0.119 e. The van der Waals surface area contributed by atoms with Gasteiger partial charge in [-0.05, 0) is 42.0 Å². The van der Waals surface area contributed by atoms with E-state index in [4.69, 9.17) is 21.1 Å². The molecule has 4 heteroatoms. The van der Waals surface area contributed by atoms with E-state index in [1.807, 2.05) is 48.5 Å². The van der Waals surface area contributed by atoms with E-state index in [2.05, 4.69) is 5.32 Å². The zero-order valence-corrected chi connectivity index (χ0v) is 12.2. The second-order valence-corrected chi connectivity index (χ2v) is 4.55. The number of halogens is 1. The number of ether oxygens (including phenoxy) is 2. The topological polar surface area (TPSA) is 30.5 Å². The Bertz CT molecular complexity index is 528. The van der Waals surface area contributed by atoms with Crippen LogP contribution in [0.4, 0.5) is 5.69 Å². The Labute approximate surface area is 124 Å². The SMILES string of the molecule is COc1ccc(OCCNc2cccc(CCl)c2)cc1. The van der Waals surface area contributed by atoms with Crippen LogP contribution in [-0.4, -0.2) is 20.3 Å². The van der Waals surface area contributed by atoms with E-state index in [9.17, 15) is 0 Å². The molecule has 0 unspecified atom stereocenters. The third-order valence-corrected chi connectivity index (χ3v) is 3.15. The van der Waals surface area contributed by atoms with Gasteiger partial charge in [-0.15, -0.1) is 11.6 Å². The zero-order valence-electron chi connectivity index (χ0n) is 11.4. The summed E-state index contributed by atoms with van der Waals surface area (Å²) >= 11 is 5.80. The summed E-state index contributed by atoms with van der Waals surface area (Å²) in [5.41, 5.74) is 2.16. The molecule has 0 spiro atoms. The van der Waals surface area contributed by atoms with Crippen LogP contribution >= 0.6 is 11.6 Å². The standard InChI is InChI=1S/C16H18ClNO2/c1-19-15-5-7-16(8-6-15)20-10-9-18-14-4-2-3-13(11-14)12-17/h2-8,11,18H,9-10,12H2,1H3. The van der Waals surface area contributed by atoms with Gasteiger partial charge in [-0.2, -0.15) is 0 Å². The second kappa shape index (κ2) is 7.65. The summed E-state index contributed by atoms with van der Waals surface area (Å²) < 4.78 is 10.7. The third-order valence-electron chi connectivity index (χ3n) is 2.84. The van der Waals surface area contributed by atoms with Crippen molar-refractivity contribution >= 4 is 17.3 Å². The number of anilines is 1. The van der Waals surface area contributed by atoms with E-state index in [-0.39, 0.29) is 0 Å². The van der Waals surface area contributed by atoms with Gasteiger partial charge in [0.2, 0.25) is 0 Å². The zero-order chi connectivity index (χ0) is 14.2. The maximum absolute atomic E-state index is 5.80. The Hall–Kier alpha value is -1.87. The van der Waals surface area contributed by atoms with Crippen molar-refractivity contribution in [3.05, 3.63) is 54.1 Å². The van der Waals surface area contributed by atoms with E-state index < -0.39 is 0 Å². The van der Waals surface area contributed by atoms with Crippen LogP contribution in [0.1, 0.15) is 5.56 Å². The molecule has 1 N–H and O–H groups in total. The Balaban J connectivity index is 1.75. The molecule has 0 saturated carbocycles. The first kappa shape index (κ1) is 14.5. The average Bonchev–Trinajstić information content (AvgIpc) is 2.52. The van der Waals surface area contributed by atoms with Crippen LogP contribution in [0.15, 0.2) is 48.5 Å². The molecule has 0 radical (unpaired) electrons. The van der Waals surface area contributed by atoms with Crippen LogP contribution < -0.4 is 14.8 Å². The van der Waals surface area contributed by atoms with Crippen LogP contribution in [-0.2, 0) is 5.88 Å². The predicted octanol–water partition coefficient (Wildman–Crippen LogP) is 3.92. The lowest BCUT2D eigenvalue weighted by molar-refractivity contribution is 0.332. The molecule has 0 aromatic heterocycles. The first-order chi connectivity index (χ1) is 9.81. The van der Waals surface area contributed by atoms with Gasteiger partial charge in [-0.3, -0.25) is 0 Å². The molecule has 0 aliphatic carbocycles. The number of rotatable bonds is 7. The van der Waals surface area contributed by atoms with Crippen molar-refractivity contribution in [1.29, 1.82) is 0 Å². The largest absolute Gasteiger partial charge is 0.497 e. The quantitative estimate of drug-likeness (QED) is 0.619. The van der Waals surface area contributed by atoms with Crippen molar-refractivity contribution in [2.45, 2.75) is 5.88 Å². The van der Waals surface area contributed by atoms with Gasteiger partial charge in [0.1, 0.15) is 18.1 Å². The highest BCUT2D eigenvalue weighted by Gasteiger charge is 1.97. The minimum absolute atomic E-state index is 0.526. The molecule has 106 valence electrons. The van der Waals surface area contributed by atoms with E-state index in [1.54, 1.807) is 7.11 Å². The molecule has 3 nitrogen and oxygen atoms in total. The third kappa shape index (κ3) is 4.35. The number of nitrogens with one attached hydrogen (secondary N) is 1. The molecule has 0 atom stereocenters. The van der Waals surface area contributed by atoms with Gasteiger partial charge in [0.25, 0.3) is 0 Å². The number of benzene rings is 2. The fourth-order valence-corrected chi connectivity index (χ4v) is 1.97. The monoisotopic (exact) mass is 291 g/mol. The van der Waals surface area contributed by atoms with Crippen LogP contribution in [0, 0.1) is 0 Å². The first-order valence-corrected chi connectivity index (χ1v) is 7.01. The smallest absolute Gasteiger partial charge is 0.119 e. The number of methoxy groups -OCH3 is 1. The van der Waals surface area contributed by atoms with E-state index in [0.29, 0.717) is 12.5 Å². The summed E-state index contributed by atoms with van der Waals surface area (Å²) in [5, 5.41) is 3.30. The number of hydrogen-bond donors (Lipinski definition) is 1. The first-order valence-electron chi connectivity index (χ1n) is 6.47. The molecular weight excluding hydrogens is 274 g/mol. The van der Waals surface area contributed by atoms with Gasteiger partial charge in [-0.1, -0.05) is 12.1 Å². The Morgan fingerprint density at radius 2 is 1.80 bits per heavy atom. The summed E-state index contributed by atoms with van der Waals surface area (Å²) in [6.45, 7) is 1.33. The minimum Gasteiger partial charge on any atom is -0.497 e. The molecule has 0 saturated heterocycles. The Morgan fingerprint density at radius 3 is 2.50 bits per heavy atom. The lowest BCUT2D eigenvalue weighted by Gasteiger charge is -2.09. The van der Waals surface area contributed by atoms with E-state index in [1.165, 1.54) is 0 Å². The fraction of sp³-hybridized carbons (Fsp3) is 0.250. The molecule has 2 aromatic rings. The van der Waals surface area contributed by atoms with Gasteiger partial charge < -0.3 is 14.8 Å². The average molecular weight is 292 g/mol. The maximum atomic E-state index is 5.80. The van der Waals surface area contributed by atoms with Crippen LogP contribution in [0.3, 0.4) is 0 Å². The molecule has 0 aliphatic rings. The number of alkyl halides is 1. The highest BCUT2D eigenvalue weighted by atomic mass is 35.5. The molecule has 0 heterocycles. The van der Waals surface area contributed by atoms with Crippen molar-refractivity contribution in [3.8, 4) is 11.5 Å². The van der Waals surface area contributed by atoms with E-state index in [0.717, 1.165) is 29.3 Å². The van der Waals surface area contributed by atoms with Gasteiger partial charge in [0.15, 0.2) is 0 Å². The Morgan fingerprint density at radius 1 is 1.05 bits per heavy atom. The molecule has 0 bridgehead atoms. The van der Waals surface area contributed by atoms with Crippen LogP contribution in [0.5, 0.6) is 11.5 Å². The van der Waals surface area contributed by atoms with Crippen molar-refractivity contribution in [3.63, 3.8) is 0 Å². The number of hydrogen-bond acceptors (Lipinski definition) is 3. The molecule has 0 fully saturated rings. The molecule has 0 aliphatic heterocycles. The summed E-state index contributed by atoms with van der Waals surface area (Å²) in [5.74, 6) is 2.19. The van der Waals surface area contributed by atoms with Gasteiger partial charge in [0.05, 0.1) is 7.11 Å². The molecule has 2 aromatic carbocycles. The van der Waals surface area contributed by atoms with Crippen LogP contribution in [0.25, 0.3) is 0 Å². The molecule has 0 amide bonds. The van der Waals surface area contributed by atoms with Crippen molar-refractivity contribution < 1.29 is 9.47 Å². The van der Waals surface area contributed by atoms with Gasteiger partial charge in [0, 0.05) is 18.1 Å². The van der Waals surface area contributed by atoms with Crippen molar-refractivity contribution in [2.24, 2.45) is 0 Å². The second-order valence-electron chi connectivity index (χ2n) is 4.28. The van der Waals surface area contributed by atoms with Crippen LogP contribution in [0.2, 0.25) is 0 Å². The highest BCUT2D eigenvalue weighted by molar-refractivity contribution is 6.17.